The van der Waals surface area contributed by atoms with Crippen LogP contribution in [-0.2, 0) is 20.1 Å². The first-order valence-electron chi connectivity index (χ1n) is 12.1. The minimum absolute atomic E-state index is 0. The summed E-state index contributed by atoms with van der Waals surface area (Å²) in [6, 6.07) is 41.8. The molecule has 6 nitrogen and oxygen atoms in total. The maximum absolute atomic E-state index is 10.6. The zero-order valence-electron chi connectivity index (χ0n) is 21.6. The molecule has 0 aliphatic heterocycles. The van der Waals surface area contributed by atoms with Gasteiger partial charge in [-0.1, -0.05) is 66.7 Å². The zero-order chi connectivity index (χ0) is 27.1. The Balaban J connectivity index is 0.000000212. The predicted molar refractivity (Wildman–Crippen MR) is 156 cm³/mol. The number of aromatic nitrogens is 4. The number of nitrogens with zero attached hydrogens (tertiary/aromatic N) is 4. The van der Waals surface area contributed by atoms with Gasteiger partial charge in [0.1, 0.15) is 0 Å². The van der Waals surface area contributed by atoms with Crippen LogP contribution in [0.2, 0.25) is 0 Å². The van der Waals surface area contributed by atoms with Crippen molar-refractivity contribution in [1.82, 2.24) is 19.9 Å². The van der Waals surface area contributed by atoms with Crippen LogP contribution in [0.5, 0.6) is 0 Å². The monoisotopic (exact) mass is 736 g/mol. The first kappa shape index (κ1) is 32.7. The molecule has 0 N–H and O–H groups in total. The fourth-order valence-electron chi connectivity index (χ4n) is 3.36. The van der Waals surface area contributed by atoms with Crippen molar-refractivity contribution in [3.05, 3.63) is 158 Å². The number of carbonyl (C=O) groups is 1. The smallest absolute Gasteiger partial charge is 0.0892 e. The summed E-state index contributed by atoms with van der Waals surface area (Å²) < 4.78 is 0. The molecule has 4 aromatic heterocycles. The average molecular weight is 736 g/mol. The first-order valence-corrected chi connectivity index (χ1v) is 12.1. The van der Waals surface area contributed by atoms with Gasteiger partial charge in [0.05, 0.1) is 28.7 Å². The molecule has 41 heavy (non-hydrogen) atoms. The van der Waals surface area contributed by atoms with E-state index in [1.54, 1.807) is 30.7 Å². The van der Waals surface area contributed by atoms with E-state index in [0.29, 0.717) is 11.4 Å². The number of halogens is 1. The molecule has 3 radical (unpaired) electrons. The van der Waals surface area contributed by atoms with Crippen LogP contribution < -0.4 is 5.11 Å². The number of rotatable bonds is 4. The van der Waals surface area contributed by atoms with Gasteiger partial charge >= 0.3 is 0 Å². The molecule has 0 aliphatic rings. The van der Waals surface area contributed by atoms with Crippen LogP contribution in [0.25, 0.3) is 33.9 Å². The summed E-state index contributed by atoms with van der Waals surface area (Å²) in [6.07, 6.45) is 6.63. The van der Waals surface area contributed by atoms with Crippen molar-refractivity contribution in [2.75, 3.05) is 0 Å². The molecule has 0 saturated carbocycles. The van der Waals surface area contributed by atoms with Crippen molar-refractivity contribution in [3.8, 4) is 33.9 Å². The third-order valence-corrected chi connectivity index (χ3v) is 5.22. The molecule has 8 heteroatoms. The maximum atomic E-state index is 10.6. The van der Waals surface area contributed by atoms with Crippen molar-refractivity contribution in [1.29, 1.82) is 0 Å². The quantitative estimate of drug-likeness (QED) is 0.220. The van der Waals surface area contributed by atoms with E-state index in [4.69, 9.17) is 0 Å². The largest absolute Gasteiger partial charge is 0.545 e. The second-order valence-electron chi connectivity index (χ2n) is 7.91. The Morgan fingerprint density at radius 1 is 0.537 bits per heavy atom. The van der Waals surface area contributed by atoms with Gasteiger partial charge in [0.25, 0.3) is 0 Å². The van der Waals surface area contributed by atoms with E-state index in [-0.39, 0.29) is 38.1 Å². The van der Waals surface area contributed by atoms with Crippen LogP contribution in [0.4, 0.5) is 0 Å². The third kappa shape index (κ3) is 10.5. The molecule has 0 saturated heterocycles. The fraction of sp³-hybridized carbons (Fsp3) is 0. The fourth-order valence-corrected chi connectivity index (χ4v) is 3.36. The zero-order valence-corrected chi connectivity index (χ0v) is 24.8. The molecule has 6 rings (SSSR count). The summed E-state index contributed by atoms with van der Waals surface area (Å²) in [5, 5.41) is 10.6. The maximum Gasteiger partial charge on any atom is 0.0892 e. The van der Waals surface area contributed by atoms with Crippen LogP contribution in [-0.4, -0.2) is 25.9 Å². The van der Waals surface area contributed by atoms with Gasteiger partial charge in [-0.2, -0.15) is 0 Å². The number of pyridine rings is 4. The van der Waals surface area contributed by atoms with Crippen molar-refractivity contribution in [2.24, 2.45) is 0 Å². The Kier molecular flexibility index (Phi) is 14.3. The topological polar surface area (TPSA) is 91.7 Å². The van der Waals surface area contributed by atoms with E-state index in [1.807, 2.05) is 91.0 Å². The van der Waals surface area contributed by atoms with Crippen LogP contribution in [0.15, 0.2) is 140 Å². The van der Waals surface area contributed by atoms with Gasteiger partial charge in [-0.3, -0.25) is 19.9 Å². The van der Waals surface area contributed by atoms with Gasteiger partial charge in [0.15, 0.2) is 0 Å². The summed E-state index contributed by atoms with van der Waals surface area (Å²) in [5.74, 6) is -1.21. The molecule has 0 unspecified atom stereocenters. The van der Waals surface area contributed by atoms with Gasteiger partial charge < -0.3 is 9.90 Å². The molecule has 0 aliphatic carbocycles. The molecule has 0 bridgehead atoms. The second kappa shape index (κ2) is 17.9. The van der Waals surface area contributed by atoms with Crippen LogP contribution >= 0.6 is 12.4 Å². The molecular formula is C33H24ClIrN4O2-. The molecule has 4 heterocycles. The molecule has 0 amide bonds. The van der Waals surface area contributed by atoms with E-state index < -0.39 is 5.97 Å². The summed E-state index contributed by atoms with van der Waals surface area (Å²) in [7, 11) is 0. The van der Waals surface area contributed by atoms with Crippen molar-refractivity contribution in [2.45, 2.75) is 0 Å². The van der Waals surface area contributed by atoms with Crippen molar-refractivity contribution >= 4 is 18.4 Å². The average Bonchev–Trinajstić information content (AvgIpc) is 3.04. The van der Waals surface area contributed by atoms with Gasteiger partial charge in [-0.25, -0.2) is 0 Å². The number of aromatic carboxylic acids is 1. The van der Waals surface area contributed by atoms with Gasteiger partial charge in [-0.15, -0.1) is 12.4 Å². The Morgan fingerprint density at radius 3 is 1.37 bits per heavy atom. The van der Waals surface area contributed by atoms with Crippen molar-refractivity contribution in [3.63, 3.8) is 0 Å². The molecular weight excluding hydrogens is 712 g/mol. The summed E-state index contributed by atoms with van der Waals surface area (Å²) >= 11 is 0. The van der Waals surface area contributed by atoms with Gasteiger partial charge in [-0.05, 0) is 60.7 Å². The van der Waals surface area contributed by atoms with E-state index in [2.05, 4.69) is 32.1 Å². The number of carboxylic acid groups (broad SMARTS) is 1. The molecule has 205 valence electrons. The van der Waals surface area contributed by atoms with Gasteiger partial charge in [0, 0.05) is 61.6 Å². The molecule has 0 atom stereocenters. The van der Waals surface area contributed by atoms with Gasteiger partial charge in [0.2, 0.25) is 0 Å². The number of hydrogen-bond donors (Lipinski definition) is 0. The minimum atomic E-state index is -1.21. The van der Waals surface area contributed by atoms with E-state index >= 15 is 0 Å². The Bertz CT molecular complexity index is 1410. The molecule has 6 aromatic rings. The number of benzene rings is 2. The number of carboxylic acids is 1. The summed E-state index contributed by atoms with van der Waals surface area (Å²) in [6.45, 7) is 0. The minimum Gasteiger partial charge on any atom is -0.545 e. The normalized spacial score (nSPS) is 9.27. The molecule has 0 fully saturated rings. The van der Waals surface area contributed by atoms with E-state index in [0.717, 1.165) is 22.5 Å². The SMILES string of the molecule is Cl.O=C([O-])c1ccnc(-c2ccccn2)c1.[Ir].[c]1ccccc1-c1ccccn1.[c]1ccccc1-c1ccccn1. The predicted octanol–water partition coefficient (Wildman–Crippen LogP) is 6.02. The summed E-state index contributed by atoms with van der Waals surface area (Å²) in [4.78, 5) is 27.2. The second-order valence-corrected chi connectivity index (χ2v) is 7.91. The Labute approximate surface area is 259 Å². The van der Waals surface area contributed by atoms with E-state index in [1.165, 1.54) is 18.3 Å². The number of carbonyl (C=O) groups excluding carboxylic acids is 1. The van der Waals surface area contributed by atoms with E-state index in [9.17, 15) is 9.90 Å². The summed E-state index contributed by atoms with van der Waals surface area (Å²) in [5.41, 5.74) is 5.29. The Hall–Kier alpha value is -4.55. The number of hydrogen-bond acceptors (Lipinski definition) is 6. The Morgan fingerprint density at radius 2 is 0.976 bits per heavy atom. The molecule has 2 aromatic carbocycles. The van der Waals surface area contributed by atoms with Crippen molar-refractivity contribution < 1.29 is 30.0 Å². The van der Waals surface area contributed by atoms with Crippen LogP contribution in [0.3, 0.4) is 0 Å². The third-order valence-electron chi connectivity index (χ3n) is 5.22. The standard InChI is InChI=1S/C11H8N2O2.2C11H8N.ClH.Ir/c14-11(15)8-4-6-13-10(7-8)9-3-1-2-5-12-9;2*1-2-6-10(7-3-1)11-8-4-5-9-12-11;;/h1-7H,(H,14,15);2*1-6,8-9H;1H;/p-1. The van der Waals surface area contributed by atoms with Crippen LogP contribution in [0, 0.1) is 12.1 Å². The molecule has 0 spiro atoms. The van der Waals surface area contributed by atoms with Crippen LogP contribution in [0.1, 0.15) is 10.4 Å². The first-order chi connectivity index (χ1) is 19.2.